The minimum Gasteiger partial charge on any atom is -0.496 e. The summed E-state index contributed by atoms with van der Waals surface area (Å²) >= 11 is 0. The normalized spacial score (nSPS) is 11.3. The van der Waals surface area contributed by atoms with Crippen molar-refractivity contribution in [3.8, 4) is 5.75 Å². The van der Waals surface area contributed by atoms with E-state index >= 15 is 0 Å². The van der Waals surface area contributed by atoms with Crippen LogP contribution in [0.5, 0.6) is 5.75 Å². The van der Waals surface area contributed by atoms with Crippen LogP contribution in [0.3, 0.4) is 0 Å². The number of hydrogen-bond acceptors (Lipinski definition) is 2. The molecule has 0 fully saturated rings. The quantitative estimate of drug-likeness (QED) is 0.836. The Morgan fingerprint density at radius 3 is 2.25 bits per heavy atom. The average Bonchev–Trinajstić information content (AvgIpc) is 2.15. The SMILES string of the molecule is COc1cc(C(=O)O)c(C)cc1C(C)(C)C. The summed E-state index contributed by atoms with van der Waals surface area (Å²) in [6.07, 6.45) is 0. The van der Waals surface area contributed by atoms with E-state index in [4.69, 9.17) is 9.84 Å². The monoisotopic (exact) mass is 222 g/mol. The molecule has 0 atom stereocenters. The van der Waals surface area contributed by atoms with Crippen molar-refractivity contribution >= 4 is 5.97 Å². The predicted molar refractivity (Wildman–Crippen MR) is 63.4 cm³/mol. The lowest BCUT2D eigenvalue weighted by Crippen LogP contribution is -2.14. The number of methoxy groups -OCH3 is 1. The van der Waals surface area contributed by atoms with Crippen LogP contribution >= 0.6 is 0 Å². The molecule has 0 heterocycles. The summed E-state index contributed by atoms with van der Waals surface area (Å²) in [5.41, 5.74) is 2.02. The lowest BCUT2D eigenvalue weighted by Gasteiger charge is -2.23. The molecule has 1 N–H and O–H groups in total. The van der Waals surface area contributed by atoms with E-state index in [2.05, 4.69) is 20.8 Å². The van der Waals surface area contributed by atoms with E-state index in [1.165, 1.54) is 0 Å². The average molecular weight is 222 g/mol. The number of carbonyl (C=O) groups is 1. The van der Waals surface area contributed by atoms with Crippen molar-refractivity contribution in [2.45, 2.75) is 33.1 Å². The molecule has 3 heteroatoms. The van der Waals surface area contributed by atoms with E-state index < -0.39 is 5.97 Å². The molecule has 0 bridgehead atoms. The second-order valence-corrected chi connectivity index (χ2v) is 4.92. The number of carboxylic acid groups (broad SMARTS) is 1. The largest absolute Gasteiger partial charge is 0.496 e. The number of aromatic carboxylic acids is 1. The van der Waals surface area contributed by atoms with Gasteiger partial charge in [0.05, 0.1) is 12.7 Å². The van der Waals surface area contributed by atoms with Crippen molar-refractivity contribution in [2.24, 2.45) is 0 Å². The lowest BCUT2D eigenvalue weighted by atomic mass is 9.84. The van der Waals surface area contributed by atoms with Crippen LogP contribution in [0, 0.1) is 6.92 Å². The second-order valence-electron chi connectivity index (χ2n) is 4.92. The van der Waals surface area contributed by atoms with Crippen LogP contribution in [0.4, 0.5) is 0 Å². The topological polar surface area (TPSA) is 46.5 Å². The molecule has 1 aromatic carbocycles. The van der Waals surface area contributed by atoms with Gasteiger partial charge >= 0.3 is 5.97 Å². The van der Waals surface area contributed by atoms with Crippen LogP contribution in [0.2, 0.25) is 0 Å². The minimum atomic E-state index is -0.920. The Morgan fingerprint density at radius 1 is 1.31 bits per heavy atom. The molecule has 0 saturated carbocycles. The molecule has 3 nitrogen and oxygen atoms in total. The van der Waals surface area contributed by atoms with Gasteiger partial charge < -0.3 is 9.84 Å². The molecule has 0 aliphatic rings. The maximum atomic E-state index is 11.0. The lowest BCUT2D eigenvalue weighted by molar-refractivity contribution is 0.0695. The zero-order valence-electron chi connectivity index (χ0n) is 10.4. The Balaban J connectivity index is 3.44. The molecular weight excluding hydrogens is 204 g/mol. The molecule has 0 radical (unpaired) electrons. The number of hydrogen-bond donors (Lipinski definition) is 1. The van der Waals surface area contributed by atoms with Gasteiger partial charge in [0.1, 0.15) is 5.75 Å². The van der Waals surface area contributed by atoms with Gasteiger partial charge in [-0.25, -0.2) is 4.79 Å². The highest BCUT2D eigenvalue weighted by molar-refractivity contribution is 5.90. The smallest absolute Gasteiger partial charge is 0.336 e. The summed E-state index contributed by atoms with van der Waals surface area (Å²) in [7, 11) is 1.56. The van der Waals surface area contributed by atoms with Gasteiger partial charge in [-0.3, -0.25) is 0 Å². The predicted octanol–water partition coefficient (Wildman–Crippen LogP) is 3.00. The van der Waals surface area contributed by atoms with Gasteiger partial charge in [-0.1, -0.05) is 26.8 Å². The Bertz CT molecular complexity index is 414. The standard InChI is InChI=1S/C13H18O3/c1-8-6-10(13(2,3)4)11(16-5)7-9(8)12(14)15/h6-7H,1-5H3,(H,14,15). The Hall–Kier alpha value is -1.51. The molecule has 0 saturated heterocycles. The maximum absolute atomic E-state index is 11.0. The molecule has 1 rings (SSSR count). The third kappa shape index (κ3) is 2.35. The molecule has 0 aromatic heterocycles. The van der Waals surface area contributed by atoms with E-state index in [1.54, 1.807) is 20.1 Å². The van der Waals surface area contributed by atoms with Gasteiger partial charge in [0.15, 0.2) is 0 Å². The maximum Gasteiger partial charge on any atom is 0.336 e. The molecule has 88 valence electrons. The number of carboxylic acids is 1. The van der Waals surface area contributed by atoms with Crippen LogP contribution in [-0.2, 0) is 5.41 Å². The van der Waals surface area contributed by atoms with Crippen LogP contribution in [0.25, 0.3) is 0 Å². The fourth-order valence-electron chi connectivity index (χ4n) is 1.67. The third-order valence-corrected chi connectivity index (χ3v) is 2.58. The Morgan fingerprint density at radius 2 is 1.88 bits per heavy atom. The van der Waals surface area contributed by atoms with Crippen molar-refractivity contribution in [3.63, 3.8) is 0 Å². The van der Waals surface area contributed by atoms with E-state index in [0.717, 1.165) is 11.1 Å². The zero-order valence-corrected chi connectivity index (χ0v) is 10.4. The summed E-state index contributed by atoms with van der Waals surface area (Å²) in [5, 5.41) is 9.02. The molecule has 0 aliphatic heterocycles. The van der Waals surface area contributed by atoms with Crippen molar-refractivity contribution in [2.75, 3.05) is 7.11 Å². The Kier molecular flexibility index (Phi) is 3.27. The van der Waals surface area contributed by atoms with Crippen molar-refractivity contribution in [3.05, 3.63) is 28.8 Å². The summed E-state index contributed by atoms with van der Waals surface area (Å²) in [6.45, 7) is 8.03. The van der Waals surface area contributed by atoms with Crippen molar-refractivity contribution < 1.29 is 14.6 Å². The van der Waals surface area contributed by atoms with Gasteiger partial charge in [-0.15, -0.1) is 0 Å². The first-order valence-corrected chi connectivity index (χ1v) is 5.19. The van der Waals surface area contributed by atoms with Crippen molar-refractivity contribution in [1.29, 1.82) is 0 Å². The highest BCUT2D eigenvalue weighted by atomic mass is 16.5. The summed E-state index contributed by atoms with van der Waals surface area (Å²) in [6, 6.07) is 3.49. The van der Waals surface area contributed by atoms with Crippen LogP contribution in [0.15, 0.2) is 12.1 Å². The summed E-state index contributed by atoms with van der Waals surface area (Å²) < 4.78 is 5.25. The first-order valence-electron chi connectivity index (χ1n) is 5.19. The van der Waals surface area contributed by atoms with E-state index in [9.17, 15) is 4.79 Å². The van der Waals surface area contributed by atoms with Gasteiger partial charge in [-0.05, 0) is 29.5 Å². The third-order valence-electron chi connectivity index (χ3n) is 2.58. The first-order chi connectivity index (χ1) is 7.27. The molecular formula is C13H18O3. The number of ether oxygens (including phenoxy) is 1. The Labute approximate surface area is 96.1 Å². The number of benzene rings is 1. The highest BCUT2D eigenvalue weighted by Gasteiger charge is 2.21. The summed E-state index contributed by atoms with van der Waals surface area (Å²) in [4.78, 5) is 11.0. The van der Waals surface area contributed by atoms with E-state index in [1.807, 2.05) is 6.07 Å². The van der Waals surface area contributed by atoms with Crippen LogP contribution in [0.1, 0.15) is 42.3 Å². The molecule has 0 unspecified atom stereocenters. The zero-order chi connectivity index (χ0) is 12.5. The van der Waals surface area contributed by atoms with Crippen LogP contribution in [-0.4, -0.2) is 18.2 Å². The first kappa shape index (κ1) is 12.6. The second kappa shape index (κ2) is 4.16. The molecule has 0 aliphatic carbocycles. The molecule has 1 aromatic rings. The van der Waals surface area contributed by atoms with E-state index in [0.29, 0.717) is 11.3 Å². The van der Waals surface area contributed by atoms with Gasteiger partial charge in [-0.2, -0.15) is 0 Å². The number of aryl methyl sites for hydroxylation is 1. The molecule has 16 heavy (non-hydrogen) atoms. The van der Waals surface area contributed by atoms with Gasteiger partial charge in [0.2, 0.25) is 0 Å². The van der Waals surface area contributed by atoms with Crippen LogP contribution < -0.4 is 4.74 Å². The van der Waals surface area contributed by atoms with Gasteiger partial charge in [0.25, 0.3) is 0 Å². The highest BCUT2D eigenvalue weighted by Crippen LogP contribution is 2.33. The fourth-order valence-corrected chi connectivity index (χ4v) is 1.67. The molecule has 0 spiro atoms. The summed E-state index contributed by atoms with van der Waals surface area (Å²) in [5.74, 6) is -0.285. The fraction of sp³-hybridized carbons (Fsp3) is 0.462. The number of rotatable bonds is 2. The molecule has 0 amide bonds. The van der Waals surface area contributed by atoms with E-state index in [-0.39, 0.29) is 5.41 Å². The van der Waals surface area contributed by atoms with Crippen molar-refractivity contribution in [1.82, 2.24) is 0 Å². The van der Waals surface area contributed by atoms with Gasteiger partial charge in [0, 0.05) is 0 Å². The minimum absolute atomic E-state index is 0.0624.